The molecule has 2 aromatic rings. The summed E-state index contributed by atoms with van der Waals surface area (Å²) in [6, 6.07) is 7.24. The number of thiazole rings is 1. The molecule has 1 aromatic carbocycles. The van der Waals surface area contributed by atoms with E-state index in [0.717, 1.165) is 16.3 Å². The smallest absolute Gasteiger partial charge is 0.337 e. The van der Waals surface area contributed by atoms with Crippen molar-refractivity contribution < 1.29 is 14.3 Å². The summed E-state index contributed by atoms with van der Waals surface area (Å²) < 4.78 is 9.72. The molecule has 0 aliphatic rings. The van der Waals surface area contributed by atoms with Crippen LogP contribution in [0.2, 0.25) is 0 Å². The predicted octanol–water partition coefficient (Wildman–Crippen LogP) is 2.74. The first kappa shape index (κ1) is 12.7. The van der Waals surface area contributed by atoms with E-state index in [1.54, 1.807) is 19.2 Å². The van der Waals surface area contributed by atoms with E-state index in [1.807, 2.05) is 17.5 Å². The van der Waals surface area contributed by atoms with Gasteiger partial charge in [0.05, 0.1) is 25.0 Å². The molecule has 94 valence electrons. The summed E-state index contributed by atoms with van der Waals surface area (Å²) in [6.45, 7) is 0.493. The van der Waals surface area contributed by atoms with Crippen molar-refractivity contribution in [3.05, 3.63) is 40.9 Å². The minimum atomic E-state index is -0.342. The average molecular weight is 263 g/mol. The molecule has 0 fully saturated rings. The van der Waals surface area contributed by atoms with Gasteiger partial charge in [-0.15, -0.1) is 11.3 Å². The zero-order valence-electron chi connectivity index (χ0n) is 10.2. The molecule has 0 bridgehead atoms. The zero-order chi connectivity index (χ0) is 13.0. The summed E-state index contributed by atoms with van der Waals surface area (Å²) >= 11 is 1.53. The van der Waals surface area contributed by atoms with Gasteiger partial charge in [-0.1, -0.05) is 12.1 Å². The quantitative estimate of drug-likeness (QED) is 0.796. The standard InChI is InChI=1S/C13H13NO3S/c1-16-7-11-8-18-12(14-11)9-4-3-5-10(6-9)13(15)17-2/h3-6,8H,7H2,1-2H3. The lowest BCUT2D eigenvalue weighted by Crippen LogP contribution is -2.00. The van der Waals surface area contributed by atoms with Crippen LogP contribution in [0.5, 0.6) is 0 Å². The molecule has 4 nitrogen and oxygen atoms in total. The van der Waals surface area contributed by atoms with Gasteiger partial charge in [-0.25, -0.2) is 9.78 Å². The van der Waals surface area contributed by atoms with Gasteiger partial charge in [0.2, 0.25) is 0 Å². The molecule has 2 rings (SSSR count). The predicted molar refractivity (Wildman–Crippen MR) is 69.6 cm³/mol. The van der Waals surface area contributed by atoms with E-state index in [0.29, 0.717) is 12.2 Å². The molecule has 0 spiro atoms. The topological polar surface area (TPSA) is 48.4 Å². The first-order chi connectivity index (χ1) is 8.74. The van der Waals surface area contributed by atoms with Crippen molar-refractivity contribution >= 4 is 17.3 Å². The molecule has 1 heterocycles. The highest BCUT2D eigenvalue weighted by Crippen LogP contribution is 2.25. The number of aromatic nitrogens is 1. The fourth-order valence-corrected chi connectivity index (χ4v) is 2.35. The van der Waals surface area contributed by atoms with Crippen LogP contribution < -0.4 is 0 Å². The minimum absolute atomic E-state index is 0.342. The Morgan fingerprint density at radius 3 is 2.94 bits per heavy atom. The summed E-state index contributed by atoms with van der Waals surface area (Å²) in [5.41, 5.74) is 2.32. The number of hydrogen-bond donors (Lipinski definition) is 0. The van der Waals surface area contributed by atoms with E-state index in [9.17, 15) is 4.79 Å². The summed E-state index contributed by atoms with van der Waals surface area (Å²) in [6.07, 6.45) is 0. The maximum Gasteiger partial charge on any atom is 0.337 e. The number of rotatable bonds is 4. The molecule has 5 heteroatoms. The second-order valence-electron chi connectivity index (χ2n) is 3.65. The first-order valence-corrected chi connectivity index (χ1v) is 6.24. The van der Waals surface area contributed by atoms with E-state index < -0.39 is 0 Å². The normalized spacial score (nSPS) is 10.3. The molecular weight excluding hydrogens is 250 g/mol. The van der Waals surface area contributed by atoms with Crippen molar-refractivity contribution in [3.8, 4) is 10.6 Å². The van der Waals surface area contributed by atoms with Crippen LogP contribution in [-0.2, 0) is 16.1 Å². The summed E-state index contributed by atoms with van der Waals surface area (Å²) in [5, 5.41) is 2.82. The van der Waals surface area contributed by atoms with E-state index in [4.69, 9.17) is 9.47 Å². The molecule has 0 N–H and O–H groups in total. The molecule has 0 saturated heterocycles. The monoisotopic (exact) mass is 263 g/mol. The SMILES string of the molecule is COCc1csc(-c2cccc(C(=O)OC)c2)n1. The van der Waals surface area contributed by atoms with Crippen LogP contribution in [0.15, 0.2) is 29.6 Å². The van der Waals surface area contributed by atoms with Crippen molar-refractivity contribution in [1.82, 2.24) is 4.98 Å². The molecule has 0 amide bonds. The Balaban J connectivity index is 2.29. The number of esters is 1. The molecule has 0 atom stereocenters. The fourth-order valence-electron chi connectivity index (χ4n) is 1.55. The van der Waals surface area contributed by atoms with Crippen LogP contribution in [0.3, 0.4) is 0 Å². The molecule has 0 radical (unpaired) electrons. The van der Waals surface area contributed by atoms with Crippen LogP contribution in [-0.4, -0.2) is 25.2 Å². The van der Waals surface area contributed by atoms with Gasteiger partial charge in [0, 0.05) is 18.1 Å². The van der Waals surface area contributed by atoms with Crippen molar-refractivity contribution in [3.63, 3.8) is 0 Å². The third kappa shape index (κ3) is 2.75. The Kier molecular flexibility index (Phi) is 4.07. The second-order valence-corrected chi connectivity index (χ2v) is 4.51. The highest BCUT2D eigenvalue weighted by molar-refractivity contribution is 7.13. The fraction of sp³-hybridized carbons (Fsp3) is 0.231. The van der Waals surface area contributed by atoms with Crippen LogP contribution in [0, 0.1) is 0 Å². The Morgan fingerprint density at radius 1 is 1.39 bits per heavy atom. The van der Waals surface area contributed by atoms with E-state index in [1.165, 1.54) is 18.4 Å². The largest absolute Gasteiger partial charge is 0.465 e. The molecule has 0 aliphatic carbocycles. The van der Waals surface area contributed by atoms with Gasteiger partial charge in [0.1, 0.15) is 5.01 Å². The highest BCUT2D eigenvalue weighted by atomic mass is 32.1. The lowest BCUT2D eigenvalue weighted by Gasteiger charge is -2.01. The lowest BCUT2D eigenvalue weighted by atomic mass is 10.1. The van der Waals surface area contributed by atoms with E-state index in [2.05, 4.69) is 4.98 Å². The van der Waals surface area contributed by atoms with Crippen molar-refractivity contribution in [2.24, 2.45) is 0 Å². The van der Waals surface area contributed by atoms with Gasteiger partial charge < -0.3 is 9.47 Å². The van der Waals surface area contributed by atoms with Crippen LogP contribution in [0.1, 0.15) is 16.1 Å². The second kappa shape index (κ2) is 5.75. The van der Waals surface area contributed by atoms with Crippen LogP contribution in [0.25, 0.3) is 10.6 Å². The van der Waals surface area contributed by atoms with Gasteiger partial charge in [0.25, 0.3) is 0 Å². The molecule has 0 aliphatic heterocycles. The molecule has 0 unspecified atom stereocenters. The Bertz CT molecular complexity index is 551. The highest BCUT2D eigenvalue weighted by Gasteiger charge is 2.09. The van der Waals surface area contributed by atoms with Crippen LogP contribution >= 0.6 is 11.3 Å². The average Bonchev–Trinajstić information content (AvgIpc) is 2.87. The third-order valence-corrected chi connectivity index (χ3v) is 3.31. The Morgan fingerprint density at radius 2 is 2.22 bits per heavy atom. The number of benzene rings is 1. The summed E-state index contributed by atoms with van der Waals surface area (Å²) in [7, 11) is 3.01. The van der Waals surface area contributed by atoms with Gasteiger partial charge in [-0.05, 0) is 12.1 Å². The van der Waals surface area contributed by atoms with E-state index >= 15 is 0 Å². The van der Waals surface area contributed by atoms with Crippen molar-refractivity contribution in [2.75, 3.05) is 14.2 Å². The maximum atomic E-state index is 11.4. The number of carbonyl (C=O) groups is 1. The van der Waals surface area contributed by atoms with Gasteiger partial charge >= 0.3 is 5.97 Å². The number of carbonyl (C=O) groups excluding carboxylic acids is 1. The number of nitrogens with zero attached hydrogens (tertiary/aromatic N) is 1. The zero-order valence-corrected chi connectivity index (χ0v) is 11.0. The van der Waals surface area contributed by atoms with Crippen LogP contribution in [0.4, 0.5) is 0 Å². The maximum absolute atomic E-state index is 11.4. The molecule has 0 saturated carbocycles. The Hall–Kier alpha value is -1.72. The van der Waals surface area contributed by atoms with Gasteiger partial charge in [-0.2, -0.15) is 0 Å². The molecular formula is C13H13NO3S. The van der Waals surface area contributed by atoms with E-state index in [-0.39, 0.29) is 5.97 Å². The summed E-state index contributed by atoms with van der Waals surface area (Å²) in [5.74, 6) is -0.342. The minimum Gasteiger partial charge on any atom is -0.465 e. The third-order valence-electron chi connectivity index (χ3n) is 2.37. The van der Waals surface area contributed by atoms with Gasteiger partial charge in [-0.3, -0.25) is 0 Å². The molecule has 1 aromatic heterocycles. The van der Waals surface area contributed by atoms with Gasteiger partial charge in [0.15, 0.2) is 0 Å². The lowest BCUT2D eigenvalue weighted by molar-refractivity contribution is 0.0601. The Labute approximate surface area is 109 Å². The summed E-state index contributed by atoms with van der Waals surface area (Å²) in [4.78, 5) is 15.9. The number of ether oxygens (including phenoxy) is 2. The number of hydrogen-bond acceptors (Lipinski definition) is 5. The van der Waals surface area contributed by atoms with Crippen molar-refractivity contribution in [1.29, 1.82) is 0 Å². The number of methoxy groups -OCH3 is 2. The first-order valence-electron chi connectivity index (χ1n) is 5.36. The van der Waals surface area contributed by atoms with Crippen molar-refractivity contribution in [2.45, 2.75) is 6.61 Å². The molecule has 18 heavy (non-hydrogen) atoms.